The van der Waals surface area contributed by atoms with Gasteiger partial charge in [0.15, 0.2) is 5.78 Å². The van der Waals surface area contributed by atoms with Crippen LogP contribution >= 0.6 is 0 Å². The van der Waals surface area contributed by atoms with E-state index in [2.05, 4.69) is 10.2 Å². The normalized spacial score (nSPS) is 15.7. The Balaban J connectivity index is 1.47. The molecule has 3 rings (SSSR count). The zero-order valence-electron chi connectivity index (χ0n) is 16.7. The number of rotatable bonds is 6. The van der Waals surface area contributed by atoms with Crippen molar-refractivity contribution in [3.63, 3.8) is 0 Å². The predicted molar refractivity (Wildman–Crippen MR) is 108 cm³/mol. The third-order valence-corrected chi connectivity index (χ3v) is 5.05. The van der Waals surface area contributed by atoms with Gasteiger partial charge in [0, 0.05) is 44.0 Å². The fourth-order valence-electron chi connectivity index (χ4n) is 3.43. The monoisotopic (exact) mass is 419 g/mol. The summed E-state index contributed by atoms with van der Waals surface area (Å²) >= 11 is 0. The zero-order valence-corrected chi connectivity index (χ0v) is 16.7. The first-order valence-electron chi connectivity index (χ1n) is 9.72. The molecule has 0 unspecified atom stereocenters. The molecule has 1 aliphatic rings. The number of hydrogen-bond donors (Lipinski definition) is 1. The van der Waals surface area contributed by atoms with Gasteiger partial charge in [-0.25, -0.2) is 0 Å². The lowest BCUT2D eigenvalue weighted by molar-refractivity contribution is -0.137. The van der Waals surface area contributed by atoms with Crippen molar-refractivity contribution in [1.82, 2.24) is 9.80 Å². The molecule has 1 heterocycles. The van der Waals surface area contributed by atoms with Crippen LogP contribution < -0.4 is 5.32 Å². The van der Waals surface area contributed by atoms with E-state index in [-0.39, 0.29) is 18.2 Å². The van der Waals surface area contributed by atoms with Gasteiger partial charge in [-0.2, -0.15) is 13.2 Å². The quantitative estimate of drug-likeness (QED) is 0.726. The number of carbonyl (C=O) groups excluding carboxylic acids is 2. The summed E-state index contributed by atoms with van der Waals surface area (Å²) in [5, 5.41) is 2.80. The largest absolute Gasteiger partial charge is 0.416 e. The molecule has 0 spiro atoms. The number of hydrogen-bond acceptors (Lipinski definition) is 4. The average molecular weight is 419 g/mol. The third kappa shape index (κ3) is 6.14. The highest BCUT2D eigenvalue weighted by atomic mass is 19.4. The topological polar surface area (TPSA) is 52.7 Å². The van der Waals surface area contributed by atoms with E-state index in [0.29, 0.717) is 49.5 Å². The van der Waals surface area contributed by atoms with Gasteiger partial charge < -0.3 is 5.32 Å². The highest BCUT2D eigenvalue weighted by Gasteiger charge is 2.30. The van der Waals surface area contributed by atoms with E-state index in [4.69, 9.17) is 0 Å². The minimum absolute atomic E-state index is 0.0667. The Morgan fingerprint density at radius 2 is 1.63 bits per heavy atom. The Hall–Kier alpha value is -2.71. The summed E-state index contributed by atoms with van der Waals surface area (Å²) in [4.78, 5) is 27.8. The highest BCUT2D eigenvalue weighted by Crippen LogP contribution is 2.29. The molecule has 1 aliphatic heterocycles. The van der Waals surface area contributed by atoms with E-state index in [0.717, 1.165) is 6.07 Å². The standard InChI is InChI=1S/C22H24F3N3O2/c1-16(29)18-5-3-7-20(13-18)26-21(30)15-28-10-8-27(9-11-28)14-17-4-2-6-19(12-17)22(23,24)25/h2-7,12-13H,8-11,14-15H2,1H3,(H,26,30). The summed E-state index contributed by atoms with van der Waals surface area (Å²) in [5.74, 6) is -0.231. The first-order valence-corrected chi connectivity index (χ1v) is 9.72. The number of amides is 1. The van der Waals surface area contributed by atoms with Gasteiger partial charge >= 0.3 is 6.18 Å². The molecule has 160 valence electrons. The molecule has 30 heavy (non-hydrogen) atoms. The molecular weight excluding hydrogens is 395 g/mol. The second-order valence-corrected chi connectivity index (χ2v) is 7.44. The molecule has 0 aliphatic carbocycles. The molecular formula is C22H24F3N3O2. The van der Waals surface area contributed by atoms with Crippen LogP contribution in [-0.4, -0.2) is 54.2 Å². The first-order chi connectivity index (χ1) is 14.2. The summed E-state index contributed by atoms with van der Waals surface area (Å²) in [5.41, 5.74) is 1.11. The SMILES string of the molecule is CC(=O)c1cccc(NC(=O)CN2CCN(Cc3cccc(C(F)(F)F)c3)CC2)c1. The van der Waals surface area contributed by atoms with E-state index in [1.165, 1.54) is 19.1 Å². The molecule has 1 amide bonds. The zero-order chi connectivity index (χ0) is 21.7. The molecule has 0 saturated carbocycles. The van der Waals surface area contributed by atoms with Crippen LogP contribution in [0.15, 0.2) is 48.5 Å². The first kappa shape index (κ1) is 22.0. The molecule has 2 aromatic carbocycles. The third-order valence-electron chi connectivity index (χ3n) is 5.05. The summed E-state index contributed by atoms with van der Waals surface area (Å²) in [6.07, 6.45) is -4.34. The maximum absolute atomic E-state index is 12.9. The fourth-order valence-corrected chi connectivity index (χ4v) is 3.43. The molecule has 1 saturated heterocycles. The van der Waals surface area contributed by atoms with Crippen LogP contribution in [0.25, 0.3) is 0 Å². The van der Waals surface area contributed by atoms with Crippen molar-refractivity contribution < 1.29 is 22.8 Å². The van der Waals surface area contributed by atoms with Crippen molar-refractivity contribution in [3.8, 4) is 0 Å². The summed E-state index contributed by atoms with van der Waals surface area (Å²) in [6.45, 7) is 4.79. The van der Waals surface area contributed by atoms with Crippen LogP contribution in [0.1, 0.15) is 28.4 Å². The van der Waals surface area contributed by atoms with E-state index in [1.807, 2.05) is 4.90 Å². The predicted octanol–water partition coefficient (Wildman–Crippen LogP) is 3.66. The van der Waals surface area contributed by atoms with Crippen LogP contribution in [-0.2, 0) is 17.5 Å². The lowest BCUT2D eigenvalue weighted by Crippen LogP contribution is -2.48. The molecule has 0 bridgehead atoms. The molecule has 1 N–H and O–H groups in total. The van der Waals surface area contributed by atoms with Crippen molar-refractivity contribution >= 4 is 17.4 Å². The number of nitrogens with one attached hydrogen (secondary N) is 1. The maximum atomic E-state index is 12.9. The van der Waals surface area contributed by atoms with Gasteiger partial charge in [-0.1, -0.05) is 30.3 Å². The lowest BCUT2D eigenvalue weighted by Gasteiger charge is -2.34. The minimum Gasteiger partial charge on any atom is -0.325 e. The van der Waals surface area contributed by atoms with Gasteiger partial charge in [0.2, 0.25) is 5.91 Å². The fraction of sp³-hybridized carbons (Fsp3) is 0.364. The molecule has 0 radical (unpaired) electrons. The lowest BCUT2D eigenvalue weighted by atomic mass is 10.1. The summed E-state index contributed by atoms with van der Waals surface area (Å²) in [6, 6.07) is 12.2. The smallest absolute Gasteiger partial charge is 0.325 e. The van der Waals surface area contributed by atoms with Crippen LogP contribution in [0.4, 0.5) is 18.9 Å². The molecule has 0 aromatic heterocycles. The second kappa shape index (κ2) is 9.40. The summed E-state index contributed by atoms with van der Waals surface area (Å²) in [7, 11) is 0. The second-order valence-electron chi connectivity index (χ2n) is 7.44. The van der Waals surface area contributed by atoms with Gasteiger partial charge in [0.05, 0.1) is 12.1 Å². The number of Topliss-reactive ketones (excluding diaryl/α,β-unsaturated/α-hetero) is 1. The van der Waals surface area contributed by atoms with E-state index >= 15 is 0 Å². The summed E-state index contributed by atoms with van der Waals surface area (Å²) < 4.78 is 38.6. The number of benzene rings is 2. The highest BCUT2D eigenvalue weighted by molar-refractivity contribution is 5.97. The number of alkyl halides is 3. The van der Waals surface area contributed by atoms with Crippen molar-refractivity contribution in [2.45, 2.75) is 19.6 Å². The number of carbonyl (C=O) groups is 2. The molecule has 1 fully saturated rings. The molecule has 5 nitrogen and oxygen atoms in total. The van der Waals surface area contributed by atoms with Gasteiger partial charge in [-0.15, -0.1) is 0 Å². The van der Waals surface area contributed by atoms with Crippen molar-refractivity contribution in [1.29, 1.82) is 0 Å². The van der Waals surface area contributed by atoms with Gasteiger partial charge in [0.25, 0.3) is 0 Å². The Labute approximate surface area is 173 Å². The number of nitrogens with zero attached hydrogens (tertiary/aromatic N) is 2. The Morgan fingerprint density at radius 1 is 0.967 bits per heavy atom. The van der Waals surface area contributed by atoms with Crippen LogP contribution in [0.5, 0.6) is 0 Å². The molecule has 2 aromatic rings. The molecule has 8 heteroatoms. The van der Waals surface area contributed by atoms with Crippen LogP contribution in [0.3, 0.4) is 0 Å². The minimum atomic E-state index is -4.34. The number of halogens is 3. The number of ketones is 1. The van der Waals surface area contributed by atoms with E-state index in [1.54, 1.807) is 30.3 Å². The Bertz CT molecular complexity index is 906. The maximum Gasteiger partial charge on any atom is 0.416 e. The van der Waals surface area contributed by atoms with Crippen molar-refractivity contribution in [2.24, 2.45) is 0 Å². The van der Waals surface area contributed by atoms with Gasteiger partial charge in [-0.05, 0) is 30.7 Å². The Morgan fingerprint density at radius 3 is 2.30 bits per heavy atom. The molecule has 0 atom stereocenters. The number of piperazine rings is 1. The van der Waals surface area contributed by atoms with Crippen molar-refractivity contribution in [3.05, 3.63) is 65.2 Å². The van der Waals surface area contributed by atoms with Gasteiger partial charge in [-0.3, -0.25) is 19.4 Å². The average Bonchev–Trinajstić information content (AvgIpc) is 2.69. The van der Waals surface area contributed by atoms with Crippen LogP contribution in [0.2, 0.25) is 0 Å². The van der Waals surface area contributed by atoms with E-state index < -0.39 is 11.7 Å². The Kier molecular flexibility index (Phi) is 6.89. The van der Waals surface area contributed by atoms with Gasteiger partial charge in [0.1, 0.15) is 0 Å². The van der Waals surface area contributed by atoms with Crippen molar-refractivity contribution in [2.75, 3.05) is 38.0 Å². The number of anilines is 1. The van der Waals surface area contributed by atoms with Crippen LogP contribution in [0, 0.1) is 0 Å². The van der Waals surface area contributed by atoms with E-state index in [9.17, 15) is 22.8 Å².